The van der Waals surface area contributed by atoms with Gasteiger partial charge in [-0.15, -0.1) is 0 Å². The van der Waals surface area contributed by atoms with Crippen molar-refractivity contribution in [1.82, 2.24) is 15.1 Å². The summed E-state index contributed by atoms with van der Waals surface area (Å²) in [5.74, 6) is 1.18. The number of fused-ring (bicyclic) bond motifs is 3. The van der Waals surface area contributed by atoms with Crippen molar-refractivity contribution in [3.05, 3.63) is 69.1 Å². The van der Waals surface area contributed by atoms with Crippen LogP contribution in [0.2, 0.25) is 0 Å². The van der Waals surface area contributed by atoms with Crippen LogP contribution in [0, 0.1) is 13.8 Å². The van der Waals surface area contributed by atoms with Crippen LogP contribution in [-0.2, 0) is 11.2 Å². The number of ether oxygens (including phenoxy) is 1. The first-order chi connectivity index (χ1) is 13.1. The molecule has 0 spiro atoms. The van der Waals surface area contributed by atoms with Gasteiger partial charge in [-0.2, -0.15) is 4.98 Å². The summed E-state index contributed by atoms with van der Waals surface area (Å²) in [5, 5.41) is 5.28. The van der Waals surface area contributed by atoms with E-state index in [1.807, 2.05) is 6.07 Å². The van der Waals surface area contributed by atoms with Crippen LogP contribution in [0.3, 0.4) is 0 Å². The Labute approximate surface area is 164 Å². The topological polar surface area (TPSA) is 63.9 Å². The summed E-state index contributed by atoms with van der Waals surface area (Å²) in [6.07, 6.45) is 0.822. The molecule has 5 nitrogen and oxygen atoms in total. The largest absolute Gasteiger partial charge is 0.367 e. The maximum absolute atomic E-state index is 6.19. The molecule has 0 amide bonds. The fraction of sp³-hybridized carbons (Fsp3) is 0.238. The highest BCUT2D eigenvalue weighted by Gasteiger charge is 2.27. The summed E-state index contributed by atoms with van der Waals surface area (Å²) in [4.78, 5) is 7.90. The molecule has 0 fully saturated rings. The van der Waals surface area contributed by atoms with E-state index in [1.165, 1.54) is 10.9 Å². The van der Waals surface area contributed by atoms with E-state index in [2.05, 4.69) is 68.3 Å². The monoisotopic (exact) mass is 423 g/mol. The molecule has 6 heteroatoms. The van der Waals surface area contributed by atoms with Gasteiger partial charge < -0.3 is 14.2 Å². The highest BCUT2D eigenvalue weighted by atomic mass is 79.9. The minimum atomic E-state index is -0.0963. The van der Waals surface area contributed by atoms with Crippen LogP contribution in [0.4, 0.5) is 0 Å². The van der Waals surface area contributed by atoms with Gasteiger partial charge in [0.1, 0.15) is 6.10 Å². The number of aryl methyl sites for hydroxylation is 2. The highest BCUT2D eigenvalue weighted by molar-refractivity contribution is 9.10. The lowest BCUT2D eigenvalue weighted by Gasteiger charge is -2.25. The number of aromatic nitrogens is 3. The number of benzene rings is 2. The molecule has 1 aliphatic rings. The van der Waals surface area contributed by atoms with Gasteiger partial charge in [-0.1, -0.05) is 33.2 Å². The van der Waals surface area contributed by atoms with Crippen molar-refractivity contribution in [3.63, 3.8) is 0 Å². The number of H-pyrrole nitrogens is 1. The Balaban J connectivity index is 1.59. The van der Waals surface area contributed by atoms with Gasteiger partial charge in [-0.25, -0.2) is 0 Å². The average Bonchev–Trinajstić information content (AvgIpc) is 3.25. The second kappa shape index (κ2) is 6.32. The summed E-state index contributed by atoms with van der Waals surface area (Å²) in [5.41, 5.74) is 6.90. The molecule has 136 valence electrons. The van der Waals surface area contributed by atoms with Gasteiger partial charge in [0.2, 0.25) is 11.7 Å². The van der Waals surface area contributed by atoms with Crippen LogP contribution < -0.4 is 0 Å². The minimum absolute atomic E-state index is 0.0963. The van der Waals surface area contributed by atoms with Crippen molar-refractivity contribution < 1.29 is 9.26 Å². The van der Waals surface area contributed by atoms with Crippen LogP contribution in [0.1, 0.15) is 34.4 Å². The van der Waals surface area contributed by atoms with Gasteiger partial charge in [0, 0.05) is 27.9 Å². The second-order valence-corrected chi connectivity index (χ2v) is 7.83. The quantitative estimate of drug-likeness (QED) is 0.477. The molecule has 27 heavy (non-hydrogen) atoms. The normalized spacial score (nSPS) is 16.6. The van der Waals surface area contributed by atoms with E-state index >= 15 is 0 Å². The SMILES string of the molecule is Cc1nc(-c2ccc(C3OCCc4c3[nH]c3ccc(Br)cc43)c(C)c2)no1. The summed E-state index contributed by atoms with van der Waals surface area (Å²) in [6.45, 7) is 4.61. The minimum Gasteiger partial charge on any atom is -0.367 e. The molecule has 4 aromatic rings. The number of nitrogens with zero attached hydrogens (tertiary/aromatic N) is 2. The Hall–Kier alpha value is -2.44. The molecule has 0 radical (unpaired) electrons. The Morgan fingerprint density at radius 3 is 2.81 bits per heavy atom. The molecule has 0 saturated heterocycles. The second-order valence-electron chi connectivity index (χ2n) is 6.92. The molecule has 0 bridgehead atoms. The predicted molar refractivity (Wildman–Crippen MR) is 107 cm³/mol. The molecule has 1 N–H and O–H groups in total. The average molecular weight is 424 g/mol. The van der Waals surface area contributed by atoms with E-state index in [0.717, 1.165) is 38.8 Å². The lowest BCUT2D eigenvalue weighted by atomic mass is 9.94. The molecule has 2 aromatic heterocycles. The Bertz CT molecular complexity index is 1160. The number of halogens is 1. The molecule has 2 aromatic carbocycles. The standard InChI is InChI=1S/C21H18BrN3O2/c1-11-9-13(21-23-12(2)27-25-21)3-5-15(11)20-19-16(7-8-26-20)17-10-14(22)4-6-18(17)24-19/h3-6,9-10,20,24H,7-8H2,1-2H3. The lowest BCUT2D eigenvalue weighted by molar-refractivity contribution is 0.0673. The number of hydrogen-bond donors (Lipinski definition) is 1. The van der Waals surface area contributed by atoms with Crippen molar-refractivity contribution in [3.8, 4) is 11.4 Å². The zero-order valence-electron chi connectivity index (χ0n) is 15.0. The van der Waals surface area contributed by atoms with Crippen LogP contribution in [0.5, 0.6) is 0 Å². The molecular weight excluding hydrogens is 406 g/mol. The Kier molecular flexibility index (Phi) is 3.91. The maximum Gasteiger partial charge on any atom is 0.223 e. The molecule has 5 rings (SSSR count). The van der Waals surface area contributed by atoms with Crippen molar-refractivity contribution in [2.24, 2.45) is 0 Å². The first-order valence-electron chi connectivity index (χ1n) is 8.93. The first-order valence-corrected chi connectivity index (χ1v) is 9.72. The van der Waals surface area contributed by atoms with Crippen molar-refractivity contribution in [2.75, 3.05) is 6.61 Å². The molecule has 1 atom stereocenters. The van der Waals surface area contributed by atoms with Crippen LogP contribution >= 0.6 is 15.9 Å². The number of rotatable bonds is 2. The van der Waals surface area contributed by atoms with E-state index in [4.69, 9.17) is 9.26 Å². The van der Waals surface area contributed by atoms with E-state index in [0.29, 0.717) is 18.3 Å². The molecule has 1 aliphatic heterocycles. The maximum atomic E-state index is 6.19. The summed E-state index contributed by atoms with van der Waals surface area (Å²) >= 11 is 3.58. The molecule has 1 unspecified atom stereocenters. The van der Waals surface area contributed by atoms with Gasteiger partial charge in [-0.3, -0.25) is 0 Å². The summed E-state index contributed by atoms with van der Waals surface area (Å²) < 4.78 is 12.4. The van der Waals surface area contributed by atoms with Gasteiger partial charge in [0.05, 0.1) is 12.3 Å². The summed E-state index contributed by atoms with van der Waals surface area (Å²) in [6, 6.07) is 12.6. The zero-order chi connectivity index (χ0) is 18.5. The molecular formula is C21H18BrN3O2. The van der Waals surface area contributed by atoms with Gasteiger partial charge in [0.25, 0.3) is 0 Å². The van der Waals surface area contributed by atoms with E-state index < -0.39 is 0 Å². The Morgan fingerprint density at radius 2 is 2.04 bits per heavy atom. The van der Waals surface area contributed by atoms with Crippen molar-refractivity contribution in [2.45, 2.75) is 26.4 Å². The fourth-order valence-electron chi connectivity index (χ4n) is 3.87. The molecule has 3 heterocycles. The summed E-state index contributed by atoms with van der Waals surface area (Å²) in [7, 11) is 0. The van der Waals surface area contributed by atoms with Crippen LogP contribution in [-0.4, -0.2) is 21.7 Å². The van der Waals surface area contributed by atoms with Gasteiger partial charge >= 0.3 is 0 Å². The van der Waals surface area contributed by atoms with Gasteiger partial charge in [0.15, 0.2) is 0 Å². The van der Waals surface area contributed by atoms with Crippen molar-refractivity contribution >= 4 is 26.8 Å². The number of nitrogens with one attached hydrogen (secondary N) is 1. The molecule has 0 saturated carbocycles. The molecule has 0 aliphatic carbocycles. The van der Waals surface area contributed by atoms with Crippen LogP contribution in [0.15, 0.2) is 45.4 Å². The number of hydrogen-bond acceptors (Lipinski definition) is 4. The fourth-order valence-corrected chi connectivity index (χ4v) is 4.23. The van der Waals surface area contributed by atoms with Gasteiger partial charge in [-0.05, 0) is 54.3 Å². The number of aromatic amines is 1. The third kappa shape index (κ3) is 2.80. The van der Waals surface area contributed by atoms with E-state index in [-0.39, 0.29) is 6.10 Å². The van der Waals surface area contributed by atoms with E-state index in [1.54, 1.807) is 6.92 Å². The predicted octanol–water partition coefficient (Wildman–Crippen LogP) is 5.26. The zero-order valence-corrected chi connectivity index (χ0v) is 16.6. The first kappa shape index (κ1) is 16.7. The third-order valence-corrected chi connectivity index (χ3v) is 5.63. The lowest BCUT2D eigenvalue weighted by Crippen LogP contribution is -2.17. The highest BCUT2D eigenvalue weighted by Crippen LogP contribution is 2.39. The Morgan fingerprint density at radius 1 is 1.15 bits per heavy atom. The van der Waals surface area contributed by atoms with Crippen LogP contribution in [0.25, 0.3) is 22.3 Å². The third-order valence-electron chi connectivity index (χ3n) is 5.14. The van der Waals surface area contributed by atoms with Crippen molar-refractivity contribution in [1.29, 1.82) is 0 Å². The van der Waals surface area contributed by atoms with E-state index in [9.17, 15) is 0 Å². The smallest absolute Gasteiger partial charge is 0.223 e.